The average Bonchev–Trinajstić information content (AvgIpc) is 3.01. The number of hydrogen-bond acceptors (Lipinski definition) is 5. The first-order valence-electron chi connectivity index (χ1n) is 7.22. The van der Waals surface area contributed by atoms with Gasteiger partial charge in [-0.2, -0.15) is 0 Å². The van der Waals surface area contributed by atoms with Gasteiger partial charge in [0.05, 0.1) is 0 Å². The SMILES string of the molecule is CSc1nc(C(=O)NC[C@@H]2Cc3ccccc3CN2C)cs1. The summed E-state index contributed by atoms with van der Waals surface area (Å²) in [6.07, 6.45) is 2.94. The number of benzene rings is 1. The minimum Gasteiger partial charge on any atom is -0.349 e. The summed E-state index contributed by atoms with van der Waals surface area (Å²) in [6, 6.07) is 8.86. The van der Waals surface area contributed by atoms with Crippen molar-refractivity contribution in [1.82, 2.24) is 15.2 Å². The first-order valence-corrected chi connectivity index (χ1v) is 9.32. The molecule has 0 aliphatic carbocycles. The molecule has 4 nitrogen and oxygen atoms in total. The Morgan fingerprint density at radius 2 is 2.23 bits per heavy atom. The summed E-state index contributed by atoms with van der Waals surface area (Å²) >= 11 is 3.08. The number of aromatic nitrogens is 1. The van der Waals surface area contributed by atoms with Crippen LogP contribution >= 0.6 is 23.1 Å². The van der Waals surface area contributed by atoms with Crippen LogP contribution in [0.5, 0.6) is 0 Å². The zero-order valence-corrected chi connectivity index (χ0v) is 14.3. The molecule has 0 spiro atoms. The van der Waals surface area contributed by atoms with Crippen molar-refractivity contribution in [3.8, 4) is 0 Å². The summed E-state index contributed by atoms with van der Waals surface area (Å²) in [4.78, 5) is 18.8. The van der Waals surface area contributed by atoms with Gasteiger partial charge in [0.15, 0.2) is 0 Å². The third-order valence-corrected chi connectivity index (χ3v) is 5.87. The van der Waals surface area contributed by atoms with Gasteiger partial charge in [-0.1, -0.05) is 36.0 Å². The predicted molar refractivity (Wildman–Crippen MR) is 91.6 cm³/mol. The Hall–Kier alpha value is -1.37. The summed E-state index contributed by atoms with van der Waals surface area (Å²) in [6.45, 7) is 1.58. The number of nitrogens with one attached hydrogen (secondary N) is 1. The highest BCUT2D eigenvalue weighted by Crippen LogP contribution is 2.22. The van der Waals surface area contributed by atoms with Crippen molar-refractivity contribution < 1.29 is 4.79 Å². The van der Waals surface area contributed by atoms with E-state index >= 15 is 0 Å². The summed E-state index contributed by atoms with van der Waals surface area (Å²) in [5.41, 5.74) is 3.29. The zero-order valence-electron chi connectivity index (χ0n) is 12.7. The van der Waals surface area contributed by atoms with Crippen LogP contribution in [0.2, 0.25) is 0 Å². The number of likely N-dealkylation sites (N-methyl/N-ethyl adjacent to an activating group) is 1. The second-order valence-corrected chi connectivity index (χ2v) is 7.37. The van der Waals surface area contributed by atoms with Crippen molar-refractivity contribution >= 4 is 29.0 Å². The molecule has 1 aliphatic rings. The van der Waals surface area contributed by atoms with Crippen LogP contribution in [-0.4, -0.2) is 41.7 Å². The first-order chi connectivity index (χ1) is 10.7. The third-order valence-electron chi connectivity index (χ3n) is 4.01. The summed E-state index contributed by atoms with van der Waals surface area (Å²) in [5, 5.41) is 4.84. The first kappa shape index (κ1) is 15.5. The van der Waals surface area contributed by atoms with Crippen LogP contribution in [0, 0.1) is 0 Å². The van der Waals surface area contributed by atoms with Gasteiger partial charge in [-0.05, 0) is 30.9 Å². The van der Waals surface area contributed by atoms with Gasteiger partial charge in [0.25, 0.3) is 5.91 Å². The van der Waals surface area contributed by atoms with Crippen molar-refractivity contribution in [3.63, 3.8) is 0 Å². The molecule has 0 radical (unpaired) electrons. The molecule has 3 rings (SSSR count). The lowest BCUT2D eigenvalue weighted by atomic mass is 9.94. The molecule has 1 aliphatic heterocycles. The molecule has 1 aromatic carbocycles. The van der Waals surface area contributed by atoms with Crippen molar-refractivity contribution in [2.45, 2.75) is 23.3 Å². The number of fused-ring (bicyclic) bond motifs is 1. The maximum atomic E-state index is 12.2. The standard InChI is InChI=1S/C16H19N3OS2/c1-19-9-12-6-4-3-5-11(12)7-13(19)8-17-15(20)14-10-22-16(18-14)21-2/h3-6,10,13H,7-9H2,1-2H3,(H,17,20)/t13-/m0/s1. The molecule has 22 heavy (non-hydrogen) atoms. The maximum absolute atomic E-state index is 12.2. The highest BCUT2D eigenvalue weighted by molar-refractivity contribution is 8.00. The molecule has 0 fully saturated rings. The predicted octanol–water partition coefficient (Wildman–Crippen LogP) is 2.65. The number of hydrogen-bond donors (Lipinski definition) is 1. The van der Waals surface area contributed by atoms with E-state index in [1.165, 1.54) is 22.5 Å². The largest absolute Gasteiger partial charge is 0.349 e. The number of thioether (sulfide) groups is 1. The average molecular weight is 333 g/mol. The molecule has 1 aromatic heterocycles. The lowest BCUT2D eigenvalue weighted by Gasteiger charge is -2.34. The van der Waals surface area contributed by atoms with E-state index in [9.17, 15) is 4.79 Å². The van der Waals surface area contributed by atoms with Crippen molar-refractivity contribution in [2.75, 3.05) is 19.8 Å². The summed E-state index contributed by atoms with van der Waals surface area (Å²) in [7, 11) is 2.11. The van der Waals surface area contributed by atoms with Gasteiger partial charge >= 0.3 is 0 Å². The minimum absolute atomic E-state index is 0.0798. The Balaban J connectivity index is 1.60. The fourth-order valence-electron chi connectivity index (χ4n) is 2.70. The Morgan fingerprint density at radius 1 is 1.45 bits per heavy atom. The van der Waals surface area contributed by atoms with E-state index in [4.69, 9.17) is 0 Å². The van der Waals surface area contributed by atoms with Crippen molar-refractivity contribution in [1.29, 1.82) is 0 Å². The number of carbonyl (C=O) groups is 1. The van der Waals surface area contributed by atoms with E-state index in [1.807, 2.05) is 11.6 Å². The molecule has 2 aromatic rings. The number of nitrogens with zero attached hydrogens (tertiary/aromatic N) is 2. The van der Waals surface area contributed by atoms with Crippen LogP contribution in [0.4, 0.5) is 0 Å². The van der Waals surface area contributed by atoms with E-state index in [-0.39, 0.29) is 5.91 Å². The molecule has 2 heterocycles. The minimum atomic E-state index is -0.0798. The highest BCUT2D eigenvalue weighted by atomic mass is 32.2. The van der Waals surface area contributed by atoms with Gasteiger partial charge in [0.2, 0.25) is 0 Å². The molecular formula is C16H19N3OS2. The molecular weight excluding hydrogens is 314 g/mol. The normalized spacial score (nSPS) is 18.0. The Bertz CT molecular complexity index is 671. The molecule has 0 bridgehead atoms. The molecule has 116 valence electrons. The van der Waals surface area contributed by atoms with E-state index < -0.39 is 0 Å². The Labute approximate surface area is 138 Å². The third kappa shape index (κ3) is 3.34. The fourth-order valence-corrected chi connectivity index (χ4v) is 3.94. The van der Waals surface area contributed by atoms with E-state index in [0.717, 1.165) is 17.3 Å². The quantitative estimate of drug-likeness (QED) is 0.874. The van der Waals surface area contributed by atoms with Crippen LogP contribution in [-0.2, 0) is 13.0 Å². The van der Waals surface area contributed by atoms with Gasteiger partial charge in [-0.25, -0.2) is 4.98 Å². The Morgan fingerprint density at radius 3 is 2.95 bits per heavy atom. The topological polar surface area (TPSA) is 45.2 Å². The number of rotatable bonds is 4. The van der Waals surface area contributed by atoms with Crippen LogP contribution in [0.1, 0.15) is 21.6 Å². The molecule has 1 amide bonds. The van der Waals surface area contributed by atoms with Crippen LogP contribution < -0.4 is 5.32 Å². The van der Waals surface area contributed by atoms with E-state index in [0.29, 0.717) is 18.3 Å². The molecule has 1 atom stereocenters. The van der Waals surface area contributed by atoms with E-state index in [2.05, 4.69) is 46.5 Å². The van der Waals surface area contributed by atoms with Crippen LogP contribution in [0.15, 0.2) is 34.0 Å². The Kier molecular flexibility index (Phi) is 4.81. The highest BCUT2D eigenvalue weighted by Gasteiger charge is 2.23. The van der Waals surface area contributed by atoms with Crippen LogP contribution in [0.3, 0.4) is 0 Å². The zero-order chi connectivity index (χ0) is 15.5. The number of carbonyl (C=O) groups excluding carboxylic acids is 1. The van der Waals surface area contributed by atoms with Crippen molar-refractivity contribution in [2.24, 2.45) is 0 Å². The molecule has 1 N–H and O–H groups in total. The lowest BCUT2D eigenvalue weighted by molar-refractivity contribution is 0.0930. The number of amides is 1. The van der Waals surface area contributed by atoms with Gasteiger partial charge in [0.1, 0.15) is 10.0 Å². The van der Waals surface area contributed by atoms with Crippen molar-refractivity contribution in [3.05, 3.63) is 46.5 Å². The summed E-state index contributed by atoms with van der Waals surface area (Å²) in [5.74, 6) is -0.0798. The van der Waals surface area contributed by atoms with Gasteiger partial charge < -0.3 is 5.32 Å². The maximum Gasteiger partial charge on any atom is 0.270 e. The van der Waals surface area contributed by atoms with Gasteiger partial charge in [-0.15, -0.1) is 11.3 Å². The molecule has 0 unspecified atom stereocenters. The second kappa shape index (κ2) is 6.81. The smallest absolute Gasteiger partial charge is 0.270 e. The fraction of sp³-hybridized carbons (Fsp3) is 0.375. The van der Waals surface area contributed by atoms with E-state index in [1.54, 1.807) is 11.8 Å². The molecule has 6 heteroatoms. The second-order valence-electron chi connectivity index (χ2n) is 5.45. The van der Waals surface area contributed by atoms with Gasteiger partial charge in [0, 0.05) is 24.5 Å². The summed E-state index contributed by atoms with van der Waals surface area (Å²) < 4.78 is 0.925. The molecule has 0 saturated carbocycles. The monoisotopic (exact) mass is 333 g/mol. The lowest BCUT2D eigenvalue weighted by Crippen LogP contribution is -2.45. The number of thiazole rings is 1. The van der Waals surface area contributed by atoms with Gasteiger partial charge in [-0.3, -0.25) is 9.69 Å². The van der Waals surface area contributed by atoms with Crippen LogP contribution in [0.25, 0.3) is 0 Å². The molecule has 0 saturated heterocycles.